The normalized spacial score (nSPS) is 14.6. The molecule has 3 rings (SSSR count). The van der Waals surface area contributed by atoms with Gasteiger partial charge in [0.05, 0.1) is 12.8 Å². The van der Waals surface area contributed by atoms with E-state index in [0.29, 0.717) is 30.2 Å². The third kappa shape index (κ3) is 4.20. The van der Waals surface area contributed by atoms with Gasteiger partial charge in [-0.3, -0.25) is 4.79 Å². The summed E-state index contributed by atoms with van der Waals surface area (Å²) >= 11 is 0. The summed E-state index contributed by atoms with van der Waals surface area (Å²) in [6, 6.07) is 6.08. The summed E-state index contributed by atoms with van der Waals surface area (Å²) in [5, 5.41) is 2.64. The van der Waals surface area contributed by atoms with Gasteiger partial charge in [0.25, 0.3) is 5.91 Å². The predicted molar refractivity (Wildman–Crippen MR) is 104 cm³/mol. The Hall–Kier alpha value is -2.23. The van der Waals surface area contributed by atoms with Gasteiger partial charge in [-0.2, -0.15) is 4.31 Å². The highest BCUT2D eigenvalue weighted by Crippen LogP contribution is 2.28. The van der Waals surface area contributed by atoms with E-state index < -0.39 is 15.9 Å². The zero-order valence-corrected chi connectivity index (χ0v) is 16.7. The molecule has 148 valence electrons. The fraction of sp³-hybridized carbons (Fsp3) is 0.353. The van der Waals surface area contributed by atoms with Crippen molar-refractivity contribution in [2.45, 2.75) is 24.7 Å². The second-order valence-electron chi connectivity index (χ2n) is 6.05. The lowest BCUT2D eigenvalue weighted by atomic mass is 10.2. The minimum absolute atomic E-state index is 0. The molecule has 0 unspecified atom stereocenters. The second kappa shape index (κ2) is 8.20. The van der Waals surface area contributed by atoms with Gasteiger partial charge in [0.15, 0.2) is 5.76 Å². The van der Waals surface area contributed by atoms with Crippen molar-refractivity contribution in [3.8, 4) is 5.75 Å². The highest BCUT2D eigenvalue weighted by molar-refractivity contribution is 7.89. The Morgan fingerprint density at radius 3 is 2.52 bits per heavy atom. The van der Waals surface area contributed by atoms with E-state index in [1.54, 1.807) is 18.2 Å². The van der Waals surface area contributed by atoms with E-state index >= 15 is 0 Å². The van der Waals surface area contributed by atoms with Crippen molar-refractivity contribution in [1.82, 2.24) is 4.31 Å². The summed E-state index contributed by atoms with van der Waals surface area (Å²) in [6.45, 7) is 2.50. The predicted octanol–water partition coefficient (Wildman–Crippen LogP) is 2.64. The van der Waals surface area contributed by atoms with Crippen molar-refractivity contribution in [3.05, 3.63) is 35.8 Å². The number of ether oxygens (including phenoxy) is 1. The van der Waals surface area contributed by atoms with Crippen LogP contribution >= 0.6 is 12.4 Å². The standard InChI is InChI=1S/C17H21N3O5S.ClH/c1-11-16(26(22,23)20-7-3-4-8-20)10-15(25-11)17(21)19-12-5-6-14(24-2)13(18)9-12;/h5-6,9-10H,3-4,7-8,18H2,1-2H3,(H,19,21);1H. The number of hydrogen-bond acceptors (Lipinski definition) is 6. The number of benzene rings is 1. The number of carbonyl (C=O) groups is 1. The first kappa shape index (κ1) is 21.1. The molecular weight excluding hydrogens is 394 g/mol. The highest BCUT2D eigenvalue weighted by Gasteiger charge is 2.31. The topological polar surface area (TPSA) is 115 Å². The van der Waals surface area contributed by atoms with Gasteiger partial charge in [-0.1, -0.05) is 0 Å². The van der Waals surface area contributed by atoms with E-state index in [2.05, 4.69) is 5.32 Å². The Bertz CT molecular complexity index is 936. The van der Waals surface area contributed by atoms with E-state index in [0.717, 1.165) is 12.8 Å². The van der Waals surface area contributed by atoms with Crippen LogP contribution in [0, 0.1) is 6.92 Å². The van der Waals surface area contributed by atoms with E-state index in [9.17, 15) is 13.2 Å². The number of halogens is 1. The molecule has 1 aromatic carbocycles. The van der Waals surface area contributed by atoms with Gasteiger partial charge in [0.2, 0.25) is 10.0 Å². The number of nitrogen functional groups attached to an aromatic ring is 1. The summed E-state index contributed by atoms with van der Waals surface area (Å²) in [7, 11) is -2.15. The van der Waals surface area contributed by atoms with Crippen LogP contribution in [0.25, 0.3) is 0 Å². The Kier molecular flexibility index (Phi) is 6.40. The van der Waals surface area contributed by atoms with E-state index in [-0.39, 0.29) is 28.8 Å². The lowest BCUT2D eigenvalue weighted by Crippen LogP contribution is -2.28. The zero-order chi connectivity index (χ0) is 18.9. The van der Waals surface area contributed by atoms with Gasteiger partial charge in [-0.15, -0.1) is 12.4 Å². The molecule has 1 saturated heterocycles. The number of aryl methyl sites for hydroxylation is 1. The molecule has 1 fully saturated rings. The fourth-order valence-electron chi connectivity index (χ4n) is 2.91. The number of carbonyl (C=O) groups excluding carboxylic acids is 1. The third-order valence-electron chi connectivity index (χ3n) is 4.27. The van der Waals surface area contributed by atoms with Crippen LogP contribution in [0.3, 0.4) is 0 Å². The smallest absolute Gasteiger partial charge is 0.291 e. The number of nitrogens with zero attached hydrogens (tertiary/aromatic N) is 1. The molecule has 10 heteroatoms. The summed E-state index contributed by atoms with van der Waals surface area (Å²) < 4.78 is 37.2. The minimum atomic E-state index is -3.65. The van der Waals surface area contributed by atoms with Crippen molar-refractivity contribution in [3.63, 3.8) is 0 Å². The Morgan fingerprint density at radius 1 is 1.26 bits per heavy atom. The molecule has 0 bridgehead atoms. The van der Waals surface area contributed by atoms with Crippen LogP contribution in [-0.2, 0) is 10.0 Å². The zero-order valence-electron chi connectivity index (χ0n) is 15.0. The molecule has 3 N–H and O–H groups in total. The maximum atomic E-state index is 12.7. The van der Waals surface area contributed by atoms with E-state index in [1.807, 2.05) is 0 Å². The van der Waals surface area contributed by atoms with Crippen LogP contribution in [0.15, 0.2) is 33.6 Å². The number of anilines is 2. The van der Waals surface area contributed by atoms with Crippen LogP contribution in [0.4, 0.5) is 11.4 Å². The van der Waals surface area contributed by atoms with Gasteiger partial charge in [-0.05, 0) is 38.0 Å². The molecule has 0 atom stereocenters. The van der Waals surface area contributed by atoms with Crippen LogP contribution in [-0.4, -0.2) is 38.8 Å². The Balaban J connectivity index is 0.00000261. The molecule has 1 amide bonds. The molecule has 27 heavy (non-hydrogen) atoms. The summed E-state index contributed by atoms with van der Waals surface area (Å²) in [4.78, 5) is 12.4. The molecule has 1 aliphatic rings. The molecule has 0 spiro atoms. The van der Waals surface area contributed by atoms with E-state index in [4.69, 9.17) is 14.9 Å². The summed E-state index contributed by atoms with van der Waals surface area (Å²) in [6.07, 6.45) is 1.67. The first-order valence-electron chi connectivity index (χ1n) is 8.18. The molecule has 0 radical (unpaired) electrons. The van der Waals surface area contributed by atoms with Crippen LogP contribution in [0.5, 0.6) is 5.75 Å². The molecule has 1 aromatic heterocycles. The molecule has 0 aliphatic carbocycles. The maximum Gasteiger partial charge on any atom is 0.291 e. The van der Waals surface area contributed by atoms with Crippen molar-refractivity contribution < 1.29 is 22.4 Å². The monoisotopic (exact) mass is 415 g/mol. The third-order valence-corrected chi connectivity index (χ3v) is 6.27. The van der Waals surface area contributed by atoms with Crippen molar-refractivity contribution in [1.29, 1.82) is 0 Å². The molecule has 2 heterocycles. The van der Waals surface area contributed by atoms with Gasteiger partial charge in [0.1, 0.15) is 16.4 Å². The van der Waals surface area contributed by atoms with Gasteiger partial charge in [0, 0.05) is 24.8 Å². The number of amides is 1. The van der Waals surface area contributed by atoms with Gasteiger partial charge < -0.3 is 20.2 Å². The molecule has 0 saturated carbocycles. The SMILES string of the molecule is COc1ccc(NC(=O)c2cc(S(=O)(=O)N3CCCC3)c(C)o2)cc1N.Cl. The number of sulfonamides is 1. The molecule has 2 aromatic rings. The highest BCUT2D eigenvalue weighted by atomic mass is 35.5. The van der Waals surface area contributed by atoms with Crippen LogP contribution in [0.1, 0.15) is 29.2 Å². The maximum absolute atomic E-state index is 12.7. The second-order valence-corrected chi connectivity index (χ2v) is 7.96. The Labute approximate surface area is 164 Å². The minimum Gasteiger partial charge on any atom is -0.495 e. The van der Waals surface area contributed by atoms with Crippen LogP contribution < -0.4 is 15.8 Å². The Morgan fingerprint density at radius 2 is 1.93 bits per heavy atom. The lowest BCUT2D eigenvalue weighted by molar-refractivity contribution is 0.0995. The van der Waals surface area contributed by atoms with Crippen LogP contribution in [0.2, 0.25) is 0 Å². The summed E-state index contributed by atoms with van der Waals surface area (Å²) in [5.41, 5.74) is 6.64. The number of nitrogens with one attached hydrogen (secondary N) is 1. The number of furan rings is 1. The lowest BCUT2D eigenvalue weighted by Gasteiger charge is -2.14. The first-order chi connectivity index (χ1) is 12.3. The van der Waals surface area contributed by atoms with Crippen molar-refractivity contribution in [2.75, 3.05) is 31.2 Å². The number of rotatable bonds is 5. The van der Waals surface area contributed by atoms with Crippen molar-refractivity contribution in [2.24, 2.45) is 0 Å². The summed E-state index contributed by atoms with van der Waals surface area (Å²) in [5.74, 6) is 0.0577. The number of nitrogens with two attached hydrogens (primary N) is 1. The first-order valence-corrected chi connectivity index (χ1v) is 9.62. The molecule has 1 aliphatic heterocycles. The number of methoxy groups -OCH3 is 1. The number of hydrogen-bond donors (Lipinski definition) is 2. The quantitative estimate of drug-likeness (QED) is 0.725. The van der Waals surface area contributed by atoms with Crippen molar-refractivity contribution >= 4 is 39.7 Å². The average molecular weight is 416 g/mol. The molecule has 8 nitrogen and oxygen atoms in total. The molecular formula is C17H22ClN3O5S. The van der Waals surface area contributed by atoms with Gasteiger partial charge in [-0.25, -0.2) is 8.42 Å². The van der Waals surface area contributed by atoms with E-state index in [1.165, 1.54) is 24.4 Å². The largest absolute Gasteiger partial charge is 0.495 e. The average Bonchev–Trinajstić information content (AvgIpc) is 3.25. The fourth-order valence-corrected chi connectivity index (χ4v) is 4.58. The van der Waals surface area contributed by atoms with Gasteiger partial charge >= 0.3 is 0 Å².